The first-order chi connectivity index (χ1) is 13.6. The van der Waals surface area contributed by atoms with Gasteiger partial charge in [0, 0.05) is 31.8 Å². The number of carboxylic acids is 1. The second-order valence-electron chi connectivity index (χ2n) is 6.78. The van der Waals surface area contributed by atoms with Gasteiger partial charge in [-0.25, -0.2) is 0 Å². The summed E-state index contributed by atoms with van der Waals surface area (Å²) in [7, 11) is 0. The summed E-state index contributed by atoms with van der Waals surface area (Å²) in [5.41, 5.74) is 1.64. The summed E-state index contributed by atoms with van der Waals surface area (Å²) in [5.74, 6) is -1.05. The Morgan fingerprint density at radius 2 is 2.00 bits per heavy atom. The third kappa shape index (κ3) is 3.66. The first kappa shape index (κ1) is 18.0. The number of benzene rings is 1. The van der Waals surface area contributed by atoms with Crippen molar-refractivity contribution in [3.05, 3.63) is 60.4 Å². The van der Waals surface area contributed by atoms with E-state index in [9.17, 15) is 14.7 Å². The van der Waals surface area contributed by atoms with E-state index in [0.29, 0.717) is 30.2 Å². The van der Waals surface area contributed by atoms with Gasteiger partial charge in [-0.3, -0.25) is 9.59 Å². The van der Waals surface area contributed by atoms with E-state index in [-0.39, 0.29) is 24.8 Å². The molecular weight excluding hydrogens is 362 g/mol. The number of aryl methyl sites for hydroxylation is 1. The lowest BCUT2D eigenvalue weighted by Crippen LogP contribution is -2.30. The number of carbonyl (C=O) groups is 2. The largest absolute Gasteiger partial charge is 0.481 e. The van der Waals surface area contributed by atoms with Crippen LogP contribution < -0.4 is 0 Å². The summed E-state index contributed by atoms with van der Waals surface area (Å²) in [6.07, 6.45) is 3.51. The van der Waals surface area contributed by atoms with Crippen molar-refractivity contribution >= 4 is 11.9 Å². The molecule has 0 radical (unpaired) electrons. The predicted octanol–water partition coefficient (Wildman–Crippen LogP) is 2.59. The summed E-state index contributed by atoms with van der Waals surface area (Å²) in [6, 6.07) is 11.2. The Balaban J connectivity index is 1.39. The summed E-state index contributed by atoms with van der Waals surface area (Å²) in [4.78, 5) is 30.2. The lowest BCUT2D eigenvalue weighted by molar-refractivity contribution is -0.141. The van der Waals surface area contributed by atoms with Crippen molar-refractivity contribution in [2.45, 2.75) is 18.8 Å². The maximum Gasteiger partial charge on any atom is 0.308 e. The highest BCUT2D eigenvalue weighted by Crippen LogP contribution is 2.33. The maximum atomic E-state index is 12.6. The van der Waals surface area contributed by atoms with E-state index in [1.54, 1.807) is 11.0 Å². The van der Waals surface area contributed by atoms with Crippen LogP contribution in [0.15, 0.2) is 57.9 Å². The van der Waals surface area contributed by atoms with Crippen LogP contribution in [0.3, 0.4) is 0 Å². The first-order valence-corrected chi connectivity index (χ1v) is 9.02. The molecule has 2 atom stereocenters. The number of aliphatic carboxylic acids is 1. The van der Waals surface area contributed by atoms with Gasteiger partial charge in [-0.15, -0.1) is 0 Å². The molecule has 8 heteroatoms. The van der Waals surface area contributed by atoms with Crippen LogP contribution in [0, 0.1) is 5.92 Å². The third-order valence-electron chi connectivity index (χ3n) is 5.02. The molecule has 1 aliphatic heterocycles. The van der Waals surface area contributed by atoms with Gasteiger partial charge < -0.3 is 18.9 Å². The molecule has 8 nitrogen and oxygen atoms in total. The number of hydrogen-bond acceptors (Lipinski definition) is 6. The Labute approximate surface area is 160 Å². The molecule has 1 saturated heterocycles. The van der Waals surface area contributed by atoms with Crippen molar-refractivity contribution in [1.29, 1.82) is 0 Å². The summed E-state index contributed by atoms with van der Waals surface area (Å²) in [5, 5.41) is 13.4. The van der Waals surface area contributed by atoms with Crippen molar-refractivity contribution < 1.29 is 23.6 Å². The van der Waals surface area contributed by atoms with Gasteiger partial charge in [0.1, 0.15) is 6.26 Å². The average molecular weight is 381 g/mol. The number of carbonyl (C=O) groups excluding carboxylic acids is 1. The average Bonchev–Trinajstić information content (AvgIpc) is 3.46. The van der Waals surface area contributed by atoms with Gasteiger partial charge in [-0.05, 0) is 11.6 Å². The van der Waals surface area contributed by atoms with Crippen molar-refractivity contribution in [2.75, 3.05) is 13.1 Å². The van der Waals surface area contributed by atoms with Crippen LogP contribution in [0.2, 0.25) is 0 Å². The Hall–Kier alpha value is -3.42. The lowest BCUT2D eigenvalue weighted by atomic mass is 9.89. The highest BCUT2D eigenvalue weighted by Gasteiger charge is 2.40. The molecule has 4 rings (SSSR count). The van der Waals surface area contributed by atoms with Crippen molar-refractivity contribution in [3.8, 4) is 11.4 Å². The molecule has 0 bridgehead atoms. The smallest absolute Gasteiger partial charge is 0.308 e. The minimum Gasteiger partial charge on any atom is -0.481 e. The number of furan rings is 1. The number of amides is 1. The molecular formula is C20H19N3O5. The fourth-order valence-corrected chi connectivity index (χ4v) is 3.53. The van der Waals surface area contributed by atoms with Gasteiger partial charge in [0.25, 0.3) is 0 Å². The van der Waals surface area contributed by atoms with Crippen molar-refractivity contribution in [2.24, 2.45) is 5.92 Å². The minimum atomic E-state index is -0.884. The standard InChI is InChI=1S/C20H19N3O5/c24-18(7-6-17-21-19(22-28-17)14-8-9-27-12-14)23-10-15(16(11-23)20(25)26)13-4-2-1-3-5-13/h1-5,8-9,12,15-16H,6-7,10-11H2,(H,25,26). The summed E-state index contributed by atoms with van der Waals surface area (Å²) >= 11 is 0. The van der Waals surface area contributed by atoms with Gasteiger partial charge in [0.05, 0.1) is 17.7 Å². The summed E-state index contributed by atoms with van der Waals surface area (Å²) in [6.45, 7) is 0.599. The molecule has 3 aromatic rings. The highest BCUT2D eigenvalue weighted by molar-refractivity contribution is 5.79. The zero-order valence-corrected chi connectivity index (χ0v) is 15.0. The van der Waals surface area contributed by atoms with E-state index in [4.69, 9.17) is 8.94 Å². The fraction of sp³-hybridized carbons (Fsp3) is 0.300. The molecule has 1 aliphatic rings. The number of rotatable bonds is 6. The van der Waals surface area contributed by atoms with Crippen LogP contribution in [0.25, 0.3) is 11.4 Å². The minimum absolute atomic E-state index is 0.118. The molecule has 1 N–H and O–H groups in total. The normalized spacial score (nSPS) is 19.1. The SMILES string of the molecule is O=C(O)C1CN(C(=O)CCc2nc(-c3ccoc3)no2)CC1c1ccccc1. The van der Waals surface area contributed by atoms with Crippen molar-refractivity contribution in [1.82, 2.24) is 15.0 Å². The molecule has 3 heterocycles. The van der Waals surface area contributed by atoms with Gasteiger partial charge in [-0.2, -0.15) is 4.98 Å². The van der Waals surface area contributed by atoms with Crippen LogP contribution in [-0.2, 0) is 16.0 Å². The second-order valence-corrected chi connectivity index (χ2v) is 6.78. The number of aromatic nitrogens is 2. The van der Waals surface area contributed by atoms with E-state index in [1.807, 2.05) is 30.3 Å². The molecule has 1 amide bonds. The highest BCUT2D eigenvalue weighted by atomic mass is 16.5. The predicted molar refractivity (Wildman–Crippen MR) is 97.2 cm³/mol. The molecule has 144 valence electrons. The van der Waals surface area contributed by atoms with Gasteiger partial charge in [0.2, 0.25) is 17.6 Å². The van der Waals surface area contributed by atoms with Gasteiger partial charge in [0.15, 0.2) is 0 Å². The maximum absolute atomic E-state index is 12.6. The Morgan fingerprint density at radius 3 is 2.71 bits per heavy atom. The molecule has 2 aromatic heterocycles. The third-order valence-corrected chi connectivity index (χ3v) is 5.02. The lowest BCUT2D eigenvalue weighted by Gasteiger charge is -2.16. The Kier molecular flexibility index (Phi) is 4.92. The van der Waals surface area contributed by atoms with E-state index in [0.717, 1.165) is 5.56 Å². The number of hydrogen-bond donors (Lipinski definition) is 1. The first-order valence-electron chi connectivity index (χ1n) is 9.02. The Bertz CT molecular complexity index is 951. The molecule has 1 aromatic carbocycles. The van der Waals surface area contributed by atoms with E-state index in [2.05, 4.69) is 10.1 Å². The molecule has 1 fully saturated rings. The molecule has 0 spiro atoms. The molecule has 2 unspecified atom stereocenters. The van der Waals surface area contributed by atoms with E-state index in [1.165, 1.54) is 12.5 Å². The van der Waals surface area contributed by atoms with Gasteiger partial charge >= 0.3 is 5.97 Å². The van der Waals surface area contributed by atoms with Crippen LogP contribution >= 0.6 is 0 Å². The van der Waals surface area contributed by atoms with Crippen LogP contribution in [0.1, 0.15) is 23.8 Å². The van der Waals surface area contributed by atoms with Crippen molar-refractivity contribution in [3.63, 3.8) is 0 Å². The molecule has 28 heavy (non-hydrogen) atoms. The monoisotopic (exact) mass is 381 g/mol. The Morgan fingerprint density at radius 1 is 1.18 bits per heavy atom. The zero-order chi connectivity index (χ0) is 19.5. The summed E-state index contributed by atoms with van der Waals surface area (Å²) < 4.78 is 10.2. The van der Waals surface area contributed by atoms with Crippen LogP contribution in [0.4, 0.5) is 0 Å². The number of carboxylic acid groups (broad SMARTS) is 1. The van der Waals surface area contributed by atoms with Crippen LogP contribution in [0.5, 0.6) is 0 Å². The topological polar surface area (TPSA) is 110 Å². The van der Waals surface area contributed by atoms with E-state index >= 15 is 0 Å². The zero-order valence-electron chi connectivity index (χ0n) is 15.0. The quantitative estimate of drug-likeness (QED) is 0.699. The number of likely N-dealkylation sites (tertiary alicyclic amines) is 1. The number of nitrogens with zero attached hydrogens (tertiary/aromatic N) is 3. The van der Waals surface area contributed by atoms with Gasteiger partial charge in [-0.1, -0.05) is 35.5 Å². The second kappa shape index (κ2) is 7.67. The molecule has 0 saturated carbocycles. The molecule has 0 aliphatic carbocycles. The van der Waals surface area contributed by atoms with Crippen LogP contribution in [-0.4, -0.2) is 45.1 Å². The van der Waals surface area contributed by atoms with E-state index < -0.39 is 11.9 Å². The fourth-order valence-electron chi connectivity index (χ4n) is 3.53.